The van der Waals surface area contributed by atoms with E-state index in [1.54, 1.807) is 0 Å². The molecule has 1 unspecified atom stereocenters. The van der Waals surface area contributed by atoms with Crippen molar-refractivity contribution in [3.63, 3.8) is 0 Å². The minimum absolute atomic E-state index is 0.0509. The van der Waals surface area contributed by atoms with Gasteiger partial charge in [0.1, 0.15) is 0 Å². The Balaban J connectivity index is 3.38. The number of esters is 1. The van der Waals surface area contributed by atoms with Gasteiger partial charge in [0.2, 0.25) is 0 Å². The normalized spacial score (nSPS) is 12.4. The van der Waals surface area contributed by atoms with Gasteiger partial charge in [-0.2, -0.15) is 0 Å². The molecule has 2 N–H and O–H groups in total. The van der Waals surface area contributed by atoms with Gasteiger partial charge in [-0.15, -0.1) is 0 Å². The zero-order valence-corrected chi connectivity index (χ0v) is 11.5. The summed E-state index contributed by atoms with van der Waals surface area (Å²) in [6.07, 6.45) is 9.47. The van der Waals surface area contributed by atoms with Gasteiger partial charge in [-0.3, -0.25) is 4.79 Å². The van der Waals surface area contributed by atoms with Crippen molar-refractivity contribution >= 4 is 5.97 Å². The van der Waals surface area contributed by atoms with Gasteiger partial charge in [0.05, 0.1) is 6.10 Å². The standard InChI is InChI=1S/C14H29NO2/c1-3-4-5-7-10-13(2)17-14(16)11-8-6-9-12-15/h13H,3-12,15H2,1-2H3. The van der Waals surface area contributed by atoms with Crippen LogP contribution < -0.4 is 5.73 Å². The average molecular weight is 243 g/mol. The highest BCUT2D eigenvalue weighted by molar-refractivity contribution is 5.69. The molecule has 0 spiro atoms. The third-order valence-electron chi connectivity index (χ3n) is 2.88. The van der Waals surface area contributed by atoms with Crippen LogP contribution in [0.3, 0.4) is 0 Å². The molecule has 0 aliphatic carbocycles. The minimum atomic E-state index is -0.0509. The summed E-state index contributed by atoms with van der Waals surface area (Å²) in [5.74, 6) is -0.0509. The lowest BCUT2D eigenvalue weighted by atomic mass is 10.1. The van der Waals surface area contributed by atoms with Crippen molar-refractivity contribution in [2.75, 3.05) is 6.54 Å². The lowest BCUT2D eigenvalue weighted by Crippen LogP contribution is -2.14. The molecule has 3 nitrogen and oxygen atoms in total. The highest BCUT2D eigenvalue weighted by atomic mass is 16.5. The molecule has 0 amide bonds. The fraction of sp³-hybridized carbons (Fsp3) is 0.929. The quantitative estimate of drug-likeness (QED) is 0.447. The first-order valence-corrected chi connectivity index (χ1v) is 7.10. The Morgan fingerprint density at radius 3 is 2.47 bits per heavy atom. The first-order chi connectivity index (χ1) is 8.20. The summed E-state index contributed by atoms with van der Waals surface area (Å²) >= 11 is 0. The summed E-state index contributed by atoms with van der Waals surface area (Å²) in [5, 5.41) is 0. The molecule has 0 saturated carbocycles. The smallest absolute Gasteiger partial charge is 0.306 e. The van der Waals surface area contributed by atoms with Gasteiger partial charge in [-0.25, -0.2) is 0 Å². The highest BCUT2D eigenvalue weighted by Crippen LogP contribution is 2.09. The molecule has 0 aromatic rings. The fourth-order valence-electron chi connectivity index (χ4n) is 1.79. The van der Waals surface area contributed by atoms with E-state index < -0.39 is 0 Å². The van der Waals surface area contributed by atoms with Crippen molar-refractivity contribution in [1.82, 2.24) is 0 Å². The van der Waals surface area contributed by atoms with Gasteiger partial charge in [-0.05, 0) is 39.2 Å². The van der Waals surface area contributed by atoms with E-state index in [4.69, 9.17) is 10.5 Å². The van der Waals surface area contributed by atoms with Crippen molar-refractivity contribution in [3.8, 4) is 0 Å². The summed E-state index contributed by atoms with van der Waals surface area (Å²) in [5.41, 5.74) is 5.39. The van der Waals surface area contributed by atoms with Gasteiger partial charge in [0, 0.05) is 6.42 Å². The molecule has 17 heavy (non-hydrogen) atoms. The van der Waals surface area contributed by atoms with Crippen LogP contribution in [0.25, 0.3) is 0 Å². The van der Waals surface area contributed by atoms with E-state index in [1.807, 2.05) is 6.92 Å². The van der Waals surface area contributed by atoms with Crippen LogP contribution in [-0.2, 0) is 9.53 Å². The molecule has 3 heteroatoms. The number of rotatable bonds is 11. The lowest BCUT2D eigenvalue weighted by molar-refractivity contribution is -0.148. The minimum Gasteiger partial charge on any atom is -0.463 e. The molecule has 0 fully saturated rings. The Bertz CT molecular complexity index is 183. The number of unbranched alkanes of at least 4 members (excludes halogenated alkanes) is 5. The molecule has 0 aromatic carbocycles. The van der Waals surface area contributed by atoms with Crippen LogP contribution >= 0.6 is 0 Å². The van der Waals surface area contributed by atoms with Crippen molar-refractivity contribution in [2.45, 2.75) is 77.7 Å². The molecule has 1 atom stereocenters. The Kier molecular flexibility index (Phi) is 11.5. The molecular weight excluding hydrogens is 214 g/mol. The molecule has 102 valence electrons. The fourth-order valence-corrected chi connectivity index (χ4v) is 1.79. The predicted molar refractivity (Wildman–Crippen MR) is 71.8 cm³/mol. The molecule has 0 bridgehead atoms. The zero-order chi connectivity index (χ0) is 12.9. The number of carbonyl (C=O) groups excluding carboxylic acids is 1. The first-order valence-electron chi connectivity index (χ1n) is 7.10. The van der Waals surface area contributed by atoms with Crippen LogP contribution in [0.15, 0.2) is 0 Å². The second-order valence-electron chi connectivity index (χ2n) is 4.75. The van der Waals surface area contributed by atoms with E-state index in [0.717, 1.165) is 32.1 Å². The van der Waals surface area contributed by atoms with Crippen molar-refractivity contribution in [3.05, 3.63) is 0 Å². The lowest BCUT2D eigenvalue weighted by Gasteiger charge is -2.12. The van der Waals surface area contributed by atoms with Crippen LogP contribution in [-0.4, -0.2) is 18.6 Å². The van der Waals surface area contributed by atoms with Crippen molar-refractivity contribution < 1.29 is 9.53 Å². The molecule has 0 aliphatic rings. The Hall–Kier alpha value is -0.570. The number of hydrogen-bond acceptors (Lipinski definition) is 3. The second kappa shape index (κ2) is 11.9. The molecule has 0 aliphatic heterocycles. The molecule has 0 rings (SSSR count). The van der Waals surface area contributed by atoms with Crippen LogP contribution in [0, 0.1) is 0 Å². The highest BCUT2D eigenvalue weighted by Gasteiger charge is 2.08. The van der Waals surface area contributed by atoms with Crippen molar-refractivity contribution in [2.24, 2.45) is 5.73 Å². The van der Waals surface area contributed by atoms with E-state index in [1.165, 1.54) is 19.3 Å². The molecule has 0 radical (unpaired) electrons. The third kappa shape index (κ3) is 11.7. The molecule has 0 saturated heterocycles. The number of ether oxygens (including phenoxy) is 1. The van der Waals surface area contributed by atoms with E-state index in [0.29, 0.717) is 13.0 Å². The topological polar surface area (TPSA) is 52.3 Å². The van der Waals surface area contributed by atoms with E-state index >= 15 is 0 Å². The maximum atomic E-state index is 11.5. The molecule has 0 heterocycles. The monoisotopic (exact) mass is 243 g/mol. The van der Waals surface area contributed by atoms with Crippen LogP contribution in [0.4, 0.5) is 0 Å². The van der Waals surface area contributed by atoms with E-state index in [9.17, 15) is 4.79 Å². The van der Waals surface area contributed by atoms with Gasteiger partial charge >= 0.3 is 5.97 Å². The number of hydrogen-bond donors (Lipinski definition) is 1. The van der Waals surface area contributed by atoms with E-state index in [-0.39, 0.29) is 12.1 Å². The zero-order valence-electron chi connectivity index (χ0n) is 11.5. The van der Waals surface area contributed by atoms with Gasteiger partial charge in [0.25, 0.3) is 0 Å². The van der Waals surface area contributed by atoms with Crippen molar-refractivity contribution in [1.29, 1.82) is 0 Å². The summed E-state index contributed by atoms with van der Waals surface area (Å²) < 4.78 is 5.34. The maximum Gasteiger partial charge on any atom is 0.306 e. The van der Waals surface area contributed by atoms with Gasteiger partial charge in [0.15, 0.2) is 0 Å². The largest absolute Gasteiger partial charge is 0.463 e. The Labute approximate surface area is 106 Å². The SMILES string of the molecule is CCCCCCC(C)OC(=O)CCCCCN. The van der Waals surface area contributed by atoms with Crippen LogP contribution in [0.1, 0.15) is 71.6 Å². The predicted octanol–water partition coefficient (Wildman–Crippen LogP) is 3.41. The number of nitrogens with two attached hydrogens (primary N) is 1. The second-order valence-corrected chi connectivity index (χ2v) is 4.75. The van der Waals surface area contributed by atoms with Crippen LogP contribution in [0.2, 0.25) is 0 Å². The molecule has 0 aromatic heterocycles. The van der Waals surface area contributed by atoms with Gasteiger partial charge < -0.3 is 10.5 Å². The third-order valence-corrected chi connectivity index (χ3v) is 2.88. The Morgan fingerprint density at radius 2 is 1.82 bits per heavy atom. The maximum absolute atomic E-state index is 11.5. The summed E-state index contributed by atoms with van der Waals surface area (Å²) in [6.45, 7) is 4.90. The van der Waals surface area contributed by atoms with E-state index in [2.05, 4.69) is 6.92 Å². The van der Waals surface area contributed by atoms with Crippen LogP contribution in [0.5, 0.6) is 0 Å². The summed E-state index contributed by atoms with van der Waals surface area (Å²) in [6, 6.07) is 0. The number of carbonyl (C=O) groups is 1. The summed E-state index contributed by atoms with van der Waals surface area (Å²) in [7, 11) is 0. The molecular formula is C14H29NO2. The Morgan fingerprint density at radius 1 is 1.12 bits per heavy atom. The summed E-state index contributed by atoms with van der Waals surface area (Å²) in [4.78, 5) is 11.5. The average Bonchev–Trinajstić information content (AvgIpc) is 2.30. The first kappa shape index (κ1) is 16.4. The van der Waals surface area contributed by atoms with Gasteiger partial charge in [-0.1, -0.05) is 32.6 Å².